The standard InChI is InChI=1S/C14H13Br2NO2S/c1-17(14(18)12-6-7-13(16)20-12)8-9-19-11-4-2-10(15)3-5-11/h2-7H,8-9H2,1H3. The highest BCUT2D eigenvalue weighted by atomic mass is 79.9. The number of ether oxygens (including phenoxy) is 1. The molecule has 20 heavy (non-hydrogen) atoms. The highest BCUT2D eigenvalue weighted by Gasteiger charge is 2.13. The SMILES string of the molecule is CN(CCOc1ccc(Br)cc1)C(=O)c1ccc(Br)s1. The maximum absolute atomic E-state index is 12.1. The van der Waals surface area contributed by atoms with Gasteiger partial charge in [0.1, 0.15) is 12.4 Å². The Bertz CT molecular complexity index is 583. The van der Waals surface area contributed by atoms with E-state index in [1.807, 2.05) is 36.4 Å². The zero-order valence-corrected chi connectivity index (χ0v) is 14.8. The number of halogens is 2. The van der Waals surface area contributed by atoms with Gasteiger partial charge in [0, 0.05) is 11.5 Å². The molecule has 0 unspecified atom stereocenters. The van der Waals surface area contributed by atoms with E-state index < -0.39 is 0 Å². The molecule has 0 atom stereocenters. The van der Waals surface area contributed by atoms with Crippen molar-refractivity contribution in [1.29, 1.82) is 0 Å². The van der Waals surface area contributed by atoms with Gasteiger partial charge in [-0.05, 0) is 52.3 Å². The minimum absolute atomic E-state index is 0.0140. The van der Waals surface area contributed by atoms with E-state index in [1.54, 1.807) is 11.9 Å². The molecule has 1 amide bonds. The van der Waals surface area contributed by atoms with Gasteiger partial charge in [-0.1, -0.05) is 15.9 Å². The van der Waals surface area contributed by atoms with Crippen molar-refractivity contribution in [2.24, 2.45) is 0 Å². The van der Waals surface area contributed by atoms with Crippen LogP contribution < -0.4 is 4.74 Å². The van der Waals surface area contributed by atoms with Crippen molar-refractivity contribution in [2.75, 3.05) is 20.2 Å². The van der Waals surface area contributed by atoms with Gasteiger partial charge in [-0.15, -0.1) is 11.3 Å². The van der Waals surface area contributed by atoms with Gasteiger partial charge in [-0.3, -0.25) is 4.79 Å². The van der Waals surface area contributed by atoms with Crippen LogP contribution in [0.4, 0.5) is 0 Å². The zero-order chi connectivity index (χ0) is 14.5. The van der Waals surface area contributed by atoms with Crippen LogP contribution in [0.25, 0.3) is 0 Å². The molecular formula is C14H13Br2NO2S. The molecule has 0 saturated heterocycles. The predicted molar refractivity (Wildman–Crippen MR) is 88.6 cm³/mol. The van der Waals surface area contributed by atoms with Crippen molar-refractivity contribution < 1.29 is 9.53 Å². The first kappa shape index (κ1) is 15.5. The summed E-state index contributed by atoms with van der Waals surface area (Å²) in [6, 6.07) is 11.3. The molecule has 0 radical (unpaired) electrons. The fraction of sp³-hybridized carbons (Fsp3) is 0.214. The minimum Gasteiger partial charge on any atom is -0.492 e. The molecule has 1 heterocycles. The summed E-state index contributed by atoms with van der Waals surface area (Å²) in [5.74, 6) is 0.813. The second kappa shape index (κ2) is 7.24. The van der Waals surface area contributed by atoms with Crippen LogP contribution in [0.15, 0.2) is 44.7 Å². The Hall–Kier alpha value is -0.850. The summed E-state index contributed by atoms with van der Waals surface area (Å²) in [4.78, 5) is 14.5. The second-order valence-corrected chi connectivity index (χ2v) is 7.51. The summed E-state index contributed by atoms with van der Waals surface area (Å²) in [6.07, 6.45) is 0. The Morgan fingerprint density at radius 2 is 1.90 bits per heavy atom. The number of nitrogens with zero attached hydrogens (tertiary/aromatic N) is 1. The molecule has 2 aromatic rings. The van der Waals surface area contributed by atoms with E-state index in [0.717, 1.165) is 18.9 Å². The Morgan fingerprint density at radius 1 is 1.20 bits per heavy atom. The van der Waals surface area contributed by atoms with Gasteiger partial charge >= 0.3 is 0 Å². The molecule has 0 aliphatic heterocycles. The van der Waals surface area contributed by atoms with E-state index in [4.69, 9.17) is 4.74 Å². The maximum atomic E-state index is 12.1. The number of thiophene rings is 1. The normalized spacial score (nSPS) is 10.3. The third kappa shape index (κ3) is 4.33. The van der Waals surface area contributed by atoms with Gasteiger partial charge in [-0.2, -0.15) is 0 Å². The lowest BCUT2D eigenvalue weighted by molar-refractivity contribution is 0.0778. The van der Waals surface area contributed by atoms with Crippen LogP contribution in [0.3, 0.4) is 0 Å². The lowest BCUT2D eigenvalue weighted by atomic mass is 10.3. The Kier molecular flexibility index (Phi) is 5.63. The third-order valence-corrected chi connectivity index (χ3v) is 4.78. The van der Waals surface area contributed by atoms with Crippen molar-refractivity contribution in [3.05, 3.63) is 49.5 Å². The van der Waals surface area contributed by atoms with Gasteiger partial charge in [0.05, 0.1) is 15.2 Å². The van der Waals surface area contributed by atoms with Crippen LogP contribution >= 0.6 is 43.2 Å². The summed E-state index contributed by atoms with van der Waals surface area (Å²) in [5.41, 5.74) is 0. The molecular weight excluding hydrogens is 406 g/mol. The molecule has 0 spiro atoms. The average molecular weight is 419 g/mol. The maximum Gasteiger partial charge on any atom is 0.263 e. The Balaban J connectivity index is 1.81. The van der Waals surface area contributed by atoms with Crippen LogP contribution in [-0.4, -0.2) is 31.0 Å². The summed E-state index contributed by atoms with van der Waals surface area (Å²) in [5, 5.41) is 0. The molecule has 1 aromatic carbocycles. The highest BCUT2D eigenvalue weighted by Crippen LogP contribution is 2.23. The number of likely N-dealkylation sites (N-methyl/N-ethyl adjacent to an activating group) is 1. The van der Waals surface area contributed by atoms with Crippen LogP contribution in [0.1, 0.15) is 9.67 Å². The molecule has 3 nitrogen and oxygen atoms in total. The highest BCUT2D eigenvalue weighted by molar-refractivity contribution is 9.11. The first-order valence-electron chi connectivity index (χ1n) is 5.95. The van der Waals surface area contributed by atoms with Crippen molar-refractivity contribution in [2.45, 2.75) is 0 Å². The number of benzene rings is 1. The van der Waals surface area contributed by atoms with Crippen molar-refractivity contribution >= 4 is 49.1 Å². The smallest absolute Gasteiger partial charge is 0.263 e. The Morgan fingerprint density at radius 3 is 2.50 bits per heavy atom. The molecule has 0 aliphatic carbocycles. The summed E-state index contributed by atoms with van der Waals surface area (Å²) in [7, 11) is 1.78. The monoisotopic (exact) mass is 417 g/mol. The largest absolute Gasteiger partial charge is 0.492 e. The molecule has 0 N–H and O–H groups in total. The van der Waals surface area contributed by atoms with Crippen LogP contribution in [0.5, 0.6) is 5.75 Å². The third-order valence-electron chi connectivity index (χ3n) is 2.64. The van der Waals surface area contributed by atoms with Gasteiger partial charge in [0.2, 0.25) is 0 Å². The lowest BCUT2D eigenvalue weighted by Gasteiger charge is -2.16. The number of carbonyl (C=O) groups excluding carboxylic acids is 1. The van der Waals surface area contributed by atoms with Crippen molar-refractivity contribution in [1.82, 2.24) is 4.90 Å². The molecule has 106 valence electrons. The second-order valence-electron chi connectivity index (χ2n) is 4.13. The summed E-state index contributed by atoms with van der Waals surface area (Å²) >= 11 is 8.17. The number of hydrogen-bond acceptors (Lipinski definition) is 3. The molecule has 0 fully saturated rings. The molecule has 2 rings (SSSR count). The molecule has 0 aliphatic rings. The zero-order valence-electron chi connectivity index (χ0n) is 10.8. The fourth-order valence-corrected chi connectivity index (χ4v) is 3.20. The lowest BCUT2D eigenvalue weighted by Crippen LogP contribution is -2.30. The minimum atomic E-state index is 0.0140. The number of carbonyl (C=O) groups is 1. The molecule has 1 aromatic heterocycles. The van der Waals surface area contributed by atoms with E-state index in [2.05, 4.69) is 31.9 Å². The summed E-state index contributed by atoms with van der Waals surface area (Å²) < 4.78 is 7.58. The average Bonchev–Trinajstić information content (AvgIpc) is 2.86. The number of hydrogen-bond donors (Lipinski definition) is 0. The van der Waals surface area contributed by atoms with Crippen molar-refractivity contribution in [3.8, 4) is 5.75 Å². The predicted octanol–water partition coefficient (Wildman–Crippen LogP) is 4.42. The van der Waals surface area contributed by atoms with E-state index in [1.165, 1.54) is 11.3 Å². The topological polar surface area (TPSA) is 29.5 Å². The van der Waals surface area contributed by atoms with Gasteiger partial charge in [0.25, 0.3) is 5.91 Å². The van der Waals surface area contributed by atoms with Gasteiger partial charge in [-0.25, -0.2) is 0 Å². The fourth-order valence-electron chi connectivity index (χ4n) is 1.55. The number of rotatable bonds is 5. The van der Waals surface area contributed by atoms with Crippen LogP contribution in [-0.2, 0) is 0 Å². The first-order valence-corrected chi connectivity index (χ1v) is 8.35. The molecule has 6 heteroatoms. The summed E-state index contributed by atoms with van der Waals surface area (Å²) in [6.45, 7) is 1.01. The van der Waals surface area contributed by atoms with Gasteiger partial charge in [0.15, 0.2) is 0 Å². The quantitative estimate of drug-likeness (QED) is 0.718. The molecule has 0 saturated carbocycles. The van der Waals surface area contributed by atoms with E-state index in [9.17, 15) is 4.79 Å². The van der Waals surface area contributed by atoms with E-state index in [-0.39, 0.29) is 5.91 Å². The van der Waals surface area contributed by atoms with E-state index >= 15 is 0 Å². The van der Waals surface area contributed by atoms with Gasteiger partial charge < -0.3 is 9.64 Å². The first-order chi connectivity index (χ1) is 9.56. The van der Waals surface area contributed by atoms with E-state index in [0.29, 0.717) is 13.2 Å². The van der Waals surface area contributed by atoms with Crippen LogP contribution in [0.2, 0.25) is 0 Å². The number of amides is 1. The Labute approximate surface area is 138 Å². The van der Waals surface area contributed by atoms with Crippen LogP contribution in [0, 0.1) is 0 Å². The van der Waals surface area contributed by atoms with Crippen molar-refractivity contribution in [3.63, 3.8) is 0 Å². The molecule has 0 bridgehead atoms.